The summed E-state index contributed by atoms with van der Waals surface area (Å²) in [7, 11) is 0. The molecule has 1 rings (SSSR count). The lowest BCUT2D eigenvalue weighted by Crippen LogP contribution is -2.29. The van der Waals surface area contributed by atoms with E-state index in [9.17, 15) is 9.90 Å². The van der Waals surface area contributed by atoms with Gasteiger partial charge in [0.2, 0.25) is 5.91 Å². The molecule has 0 bridgehead atoms. The third-order valence-electron chi connectivity index (χ3n) is 3.14. The van der Waals surface area contributed by atoms with Crippen LogP contribution in [0.15, 0.2) is 24.3 Å². The van der Waals surface area contributed by atoms with E-state index in [1.165, 1.54) is 0 Å². The van der Waals surface area contributed by atoms with Crippen LogP contribution in [0, 0.1) is 12.8 Å². The summed E-state index contributed by atoms with van der Waals surface area (Å²) in [5.74, 6) is 0.249. The average molecular weight is 249 g/mol. The fourth-order valence-corrected chi connectivity index (χ4v) is 1.74. The molecule has 0 spiro atoms. The summed E-state index contributed by atoms with van der Waals surface area (Å²) in [5, 5.41) is 12.5. The van der Waals surface area contributed by atoms with Crippen LogP contribution in [-0.2, 0) is 11.2 Å². The summed E-state index contributed by atoms with van der Waals surface area (Å²) in [6.07, 6.45) is 0.672. The molecule has 1 amide bonds. The zero-order chi connectivity index (χ0) is 13.5. The van der Waals surface area contributed by atoms with Gasteiger partial charge in [0.25, 0.3) is 0 Å². The van der Waals surface area contributed by atoms with E-state index < -0.39 is 0 Å². The number of carbonyl (C=O) groups excluding carboxylic acids is 1. The third-order valence-corrected chi connectivity index (χ3v) is 3.14. The Balaban J connectivity index is 2.33. The summed E-state index contributed by atoms with van der Waals surface area (Å²) in [6, 6.07) is 7.89. The number of hydrogen-bond acceptors (Lipinski definition) is 2. The van der Waals surface area contributed by atoms with Gasteiger partial charge in [-0.25, -0.2) is 0 Å². The normalized spacial score (nSPS) is 12.5. The summed E-state index contributed by atoms with van der Waals surface area (Å²) < 4.78 is 0. The van der Waals surface area contributed by atoms with Crippen molar-refractivity contribution in [1.29, 1.82) is 0 Å². The van der Waals surface area contributed by atoms with Crippen LogP contribution in [0.3, 0.4) is 0 Å². The Morgan fingerprint density at radius 2 is 2.00 bits per heavy atom. The van der Waals surface area contributed by atoms with Crippen molar-refractivity contribution in [2.45, 2.75) is 39.7 Å². The third kappa shape index (κ3) is 4.88. The van der Waals surface area contributed by atoms with Gasteiger partial charge in [-0.1, -0.05) is 38.1 Å². The number of amides is 1. The molecule has 0 aliphatic rings. The van der Waals surface area contributed by atoms with Crippen molar-refractivity contribution in [2.24, 2.45) is 5.92 Å². The quantitative estimate of drug-likeness (QED) is 0.810. The van der Waals surface area contributed by atoms with Crippen LogP contribution >= 0.6 is 0 Å². The molecule has 0 aliphatic carbocycles. The molecular weight excluding hydrogens is 226 g/mol. The maximum atomic E-state index is 11.7. The number of hydrogen-bond donors (Lipinski definition) is 2. The predicted octanol–water partition coefficient (Wildman–Crippen LogP) is 2.06. The molecule has 3 heteroatoms. The number of rotatable bonds is 6. The van der Waals surface area contributed by atoms with E-state index >= 15 is 0 Å². The lowest BCUT2D eigenvalue weighted by atomic mass is 10.0. The van der Waals surface area contributed by atoms with E-state index in [-0.39, 0.29) is 17.9 Å². The Morgan fingerprint density at radius 3 is 2.61 bits per heavy atom. The topological polar surface area (TPSA) is 49.3 Å². The fourth-order valence-electron chi connectivity index (χ4n) is 1.74. The van der Waals surface area contributed by atoms with Crippen molar-refractivity contribution >= 4 is 5.91 Å². The van der Waals surface area contributed by atoms with Gasteiger partial charge in [-0.05, 0) is 30.4 Å². The average Bonchev–Trinajstić information content (AvgIpc) is 2.32. The Morgan fingerprint density at radius 1 is 1.33 bits per heavy atom. The van der Waals surface area contributed by atoms with E-state index in [2.05, 4.69) is 5.32 Å². The molecule has 18 heavy (non-hydrogen) atoms. The lowest BCUT2D eigenvalue weighted by molar-refractivity contribution is -0.120. The van der Waals surface area contributed by atoms with Crippen LogP contribution in [0.1, 0.15) is 31.4 Å². The van der Waals surface area contributed by atoms with Crippen molar-refractivity contribution in [3.63, 3.8) is 0 Å². The highest BCUT2D eigenvalue weighted by atomic mass is 16.3. The van der Waals surface area contributed by atoms with E-state index in [4.69, 9.17) is 0 Å². The Bertz CT molecular complexity index is 388. The zero-order valence-corrected chi connectivity index (χ0v) is 11.4. The van der Waals surface area contributed by atoms with Crippen molar-refractivity contribution in [2.75, 3.05) is 6.54 Å². The molecule has 0 aromatic heterocycles. The van der Waals surface area contributed by atoms with Crippen LogP contribution in [-0.4, -0.2) is 23.7 Å². The van der Waals surface area contributed by atoms with Gasteiger partial charge in [0, 0.05) is 6.54 Å². The number of aliphatic hydroxyl groups excluding tert-OH is 1. The minimum Gasteiger partial charge on any atom is -0.393 e. The SMILES string of the molecule is Cc1ccccc1CC(=O)NCCC(O)C(C)C. The van der Waals surface area contributed by atoms with Crippen molar-refractivity contribution in [1.82, 2.24) is 5.32 Å². The monoisotopic (exact) mass is 249 g/mol. The minimum atomic E-state index is -0.344. The van der Waals surface area contributed by atoms with E-state index in [0.29, 0.717) is 19.4 Å². The molecule has 1 atom stereocenters. The van der Waals surface area contributed by atoms with Crippen LogP contribution in [0.25, 0.3) is 0 Å². The van der Waals surface area contributed by atoms with Crippen molar-refractivity contribution < 1.29 is 9.90 Å². The molecule has 0 saturated carbocycles. The van der Waals surface area contributed by atoms with Crippen molar-refractivity contribution in [3.8, 4) is 0 Å². The Kier molecular flexibility index (Phi) is 5.86. The molecule has 1 aromatic rings. The molecule has 0 heterocycles. The van der Waals surface area contributed by atoms with Gasteiger partial charge >= 0.3 is 0 Å². The summed E-state index contributed by atoms with van der Waals surface area (Å²) in [4.78, 5) is 11.7. The second-order valence-electron chi connectivity index (χ2n) is 5.05. The largest absolute Gasteiger partial charge is 0.393 e. The molecule has 0 radical (unpaired) electrons. The van der Waals surface area contributed by atoms with E-state index in [1.54, 1.807) is 0 Å². The number of aryl methyl sites for hydroxylation is 1. The molecule has 0 fully saturated rings. The van der Waals surface area contributed by atoms with E-state index in [0.717, 1.165) is 11.1 Å². The van der Waals surface area contributed by atoms with Gasteiger partial charge < -0.3 is 10.4 Å². The van der Waals surface area contributed by atoms with Crippen LogP contribution in [0.5, 0.6) is 0 Å². The van der Waals surface area contributed by atoms with Gasteiger partial charge in [0.05, 0.1) is 12.5 Å². The predicted molar refractivity (Wildman–Crippen MR) is 73.4 cm³/mol. The summed E-state index contributed by atoms with van der Waals surface area (Å²) in [5.41, 5.74) is 2.19. The first-order valence-corrected chi connectivity index (χ1v) is 6.50. The highest BCUT2D eigenvalue weighted by Gasteiger charge is 2.10. The molecule has 2 N–H and O–H groups in total. The maximum Gasteiger partial charge on any atom is 0.224 e. The minimum absolute atomic E-state index is 0.0141. The smallest absolute Gasteiger partial charge is 0.224 e. The maximum absolute atomic E-state index is 11.7. The Hall–Kier alpha value is -1.35. The molecular formula is C15H23NO2. The Labute approximate surface area is 109 Å². The van der Waals surface area contributed by atoms with Crippen LogP contribution < -0.4 is 5.32 Å². The summed E-state index contributed by atoms with van der Waals surface area (Å²) in [6.45, 7) is 6.48. The standard InChI is InChI=1S/C15H23NO2/c1-11(2)14(17)8-9-16-15(18)10-13-7-5-4-6-12(13)3/h4-7,11,14,17H,8-10H2,1-3H3,(H,16,18). The first-order chi connectivity index (χ1) is 8.50. The number of benzene rings is 1. The molecule has 1 aromatic carbocycles. The van der Waals surface area contributed by atoms with Gasteiger partial charge in [0.1, 0.15) is 0 Å². The van der Waals surface area contributed by atoms with Crippen molar-refractivity contribution in [3.05, 3.63) is 35.4 Å². The van der Waals surface area contributed by atoms with Gasteiger partial charge in [-0.3, -0.25) is 4.79 Å². The van der Waals surface area contributed by atoms with Gasteiger partial charge in [-0.2, -0.15) is 0 Å². The van der Waals surface area contributed by atoms with Gasteiger partial charge in [0.15, 0.2) is 0 Å². The second-order valence-corrected chi connectivity index (χ2v) is 5.05. The molecule has 100 valence electrons. The first kappa shape index (κ1) is 14.7. The summed E-state index contributed by atoms with van der Waals surface area (Å²) >= 11 is 0. The van der Waals surface area contributed by atoms with Gasteiger partial charge in [-0.15, -0.1) is 0 Å². The fraction of sp³-hybridized carbons (Fsp3) is 0.533. The molecule has 0 aliphatic heterocycles. The van der Waals surface area contributed by atoms with Crippen LogP contribution in [0.2, 0.25) is 0 Å². The molecule has 3 nitrogen and oxygen atoms in total. The van der Waals surface area contributed by atoms with E-state index in [1.807, 2.05) is 45.0 Å². The van der Waals surface area contributed by atoms with Crippen LogP contribution in [0.4, 0.5) is 0 Å². The highest BCUT2D eigenvalue weighted by molar-refractivity contribution is 5.78. The zero-order valence-electron chi connectivity index (χ0n) is 11.4. The number of carbonyl (C=O) groups is 1. The first-order valence-electron chi connectivity index (χ1n) is 6.50. The highest BCUT2D eigenvalue weighted by Crippen LogP contribution is 2.08. The number of nitrogens with one attached hydrogen (secondary N) is 1. The second kappa shape index (κ2) is 7.17. The molecule has 1 unspecified atom stereocenters. The number of aliphatic hydroxyl groups is 1. The molecule has 0 saturated heterocycles. The lowest BCUT2D eigenvalue weighted by Gasteiger charge is -2.14.